The highest BCUT2D eigenvalue weighted by atomic mass is 32.1. The number of benzene rings is 1. The van der Waals surface area contributed by atoms with Crippen LogP contribution in [-0.4, -0.2) is 49.0 Å². The van der Waals surface area contributed by atoms with Crippen molar-refractivity contribution in [3.05, 3.63) is 35.2 Å². The molecular weight excluding hydrogens is 308 g/mol. The summed E-state index contributed by atoms with van der Waals surface area (Å²) in [6.07, 6.45) is 0. The number of likely N-dealkylation sites (N-methyl/N-ethyl adjacent to an activating group) is 1. The maximum Gasteiger partial charge on any atom is 0.217 e. The Balaban J connectivity index is 1.66. The van der Waals surface area contributed by atoms with Gasteiger partial charge in [0.05, 0.1) is 5.69 Å². The summed E-state index contributed by atoms with van der Waals surface area (Å²) < 4.78 is 0. The van der Waals surface area contributed by atoms with Crippen LogP contribution < -0.4 is 10.2 Å². The fourth-order valence-electron chi connectivity index (χ4n) is 2.56. The van der Waals surface area contributed by atoms with E-state index in [1.807, 2.05) is 12.1 Å². The molecule has 0 spiro atoms. The van der Waals surface area contributed by atoms with Gasteiger partial charge >= 0.3 is 0 Å². The number of aromatic nitrogens is 1. The van der Waals surface area contributed by atoms with Gasteiger partial charge in [-0.2, -0.15) is 0 Å². The number of nitrogens with zero attached hydrogens (tertiary/aromatic N) is 3. The molecule has 2 aromatic rings. The molecule has 0 unspecified atom stereocenters. The van der Waals surface area contributed by atoms with Crippen LogP contribution in [0.5, 0.6) is 0 Å². The summed E-state index contributed by atoms with van der Waals surface area (Å²) in [5, 5.41) is 6.04. The van der Waals surface area contributed by atoms with Crippen molar-refractivity contribution >= 4 is 22.4 Å². The molecule has 1 aromatic heterocycles. The zero-order chi connectivity index (χ0) is 16.2. The van der Waals surface area contributed by atoms with Crippen molar-refractivity contribution in [2.75, 3.05) is 38.1 Å². The van der Waals surface area contributed by atoms with Crippen molar-refractivity contribution in [3.8, 4) is 11.3 Å². The average molecular weight is 330 g/mol. The largest absolute Gasteiger partial charge is 0.352 e. The van der Waals surface area contributed by atoms with Crippen molar-refractivity contribution in [1.82, 2.24) is 15.2 Å². The van der Waals surface area contributed by atoms with E-state index in [-0.39, 0.29) is 5.91 Å². The SMILES string of the molecule is CC(=O)NCc1ccc(-c2csc(N3CCN(C)CC3)n2)cc1. The first-order chi connectivity index (χ1) is 11.1. The van der Waals surface area contributed by atoms with Crippen LogP contribution in [0.3, 0.4) is 0 Å². The lowest BCUT2D eigenvalue weighted by atomic mass is 10.1. The number of thiazole rings is 1. The van der Waals surface area contributed by atoms with Gasteiger partial charge in [-0.15, -0.1) is 11.3 Å². The van der Waals surface area contributed by atoms with Crippen molar-refractivity contribution in [3.63, 3.8) is 0 Å². The van der Waals surface area contributed by atoms with Gasteiger partial charge in [0.25, 0.3) is 0 Å². The maximum atomic E-state index is 11.0. The summed E-state index contributed by atoms with van der Waals surface area (Å²) in [6.45, 7) is 6.36. The number of hydrogen-bond donors (Lipinski definition) is 1. The molecule has 122 valence electrons. The lowest BCUT2D eigenvalue weighted by molar-refractivity contribution is -0.119. The Hall–Kier alpha value is -1.92. The second kappa shape index (κ2) is 7.10. The van der Waals surface area contributed by atoms with Crippen LogP contribution in [0.1, 0.15) is 12.5 Å². The van der Waals surface area contributed by atoms with Crippen LogP contribution >= 0.6 is 11.3 Å². The molecule has 6 heteroatoms. The Kier molecular flexibility index (Phi) is 4.93. The molecule has 1 amide bonds. The molecule has 0 atom stereocenters. The van der Waals surface area contributed by atoms with Crippen molar-refractivity contribution in [1.29, 1.82) is 0 Å². The van der Waals surface area contributed by atoms with Gasteiger partial charge < -0.3 is 15.1 Å². The number of anilines is 1. The molecule has 1 aromatic carbocycles. The number of rotatable bonds is 4. The van der Waals surface area contributed by atoms with Crippen LogP contribution in [0.15, 0.2) is 29.6 Å². The van der Waals surface area contributed by atoms with E-state index >= 15 is 0 Å². The topological polar surface area (TPSA) is 48.5 Å². The molecule has 1 saturated heterocycles. The lowest BCUT2D eigenvalue weighted by Gasteiger charge is -2.32. The summed E-state index contributed by atoms with van der Waals surface area (Å²) >= 11 is 1.71. The third-order valence-electron chi connectivity index (χ3n) is 4.06. The van der Waals surface area contributed by atoms with Crippen LogP contribution in [0.2, 0.25) is 0 Å². The summed E-state index contributed by atoms with van der Waals surface area (Å²) in [5.74, 6) is -0.00889. The maximum absolute atomic E-state index is 11.0. The highest BCUT2D eigenvalue weighted by molar-refractivity contribution is 7.14. The van der Waals surface area contributed by atoms with Crippen LogP contribution in [0, 0.1) is 0 Å². The van der Waals surface area contributed by atoms with Gasteiger partial charge in [-0.05, 0) is 12.6 Å². The Morgan fingerprint density at radius 1 is 1.22 bits per heavy atom. The predicted octanol–water partition coefficient (Wildman–Crippen LogP) is 2.20. The smallest absolute Gasteiger partial charge is 0.217 e. The van der Waals surface area contributed by atoms with Crippen molar-refractivity contribution in [2.24, 2.45) is 0 Å². The predicted molar refractivity (Wildman–Crippen MR) is 94.8 cm³/mol. The van der Waals surface area contributed by atoms with Gasteiger partial charge in [-0.3, -0.25) is 4.79 Å². The van der Waals surface area contributed by atoms with Gasteiger partial charge in [0.2, 0.25) is 5.91 Å². The highest BCUT2D eigenvalue weighted by Crippen LogP contribution is 2.28. The quantitative estimate of drug-likeness (QED) is 0.934. The minimum absolute atomic E-state index is 0.00889. The first-order valence-corrected chi connectivity index (χ1v) is 8.72. The normalized spacial score (nSPS) is 15.7. The van der Waals surface area contributed by atoms with Crippen molar-refractivity contribution < 1.29 is 4.79 Å². The standard InChI is InChI=1S/C17H22N4OS/c1-13(22)18-11-14-3-5-15(6-4-14)16-12-23-17(19-16)21-9-7-20(2)8-10-21/h3-6,12H,7-11H2,1-2H3,(H,18,22). The first kappa shape index (κ1) is 16.0. The molecule has 0 radical (unpaired) electrons. The van der Waals surface area contributed by atoms with Crippen molar-refractivity contribution in [2.45, 2.75) is 13.5 Å². The fraction of sp³-hybridized carbons (Fsp3) is 0.412. The molecule has 0 aliphatic carbocycles. The van der Waals surface area contributed by atoms with Crippen LogP contribution in [0.25, 0.3) is 11.3 Å². The number of amides is 1. The third-order valence-corrected chi connectivity index (χ3v) is 4.96. The summed E-state index contributed by atoms with van der Waals surface area (Å²) in [4.78, 5) is 20.4. The van der Waals surface area contributed by atoms with E-state index in [0.717, 1.165) is 48.1 Å². The second-order valence-electron chi connectivity index (χ2n) is 5.91. The zero-order valence-electron chi connectivity index (χ0n) is 13.6. The molecule has 1 N–H and O–H groups in total. The van der Waals surface area contributed by atoms with Gasteiger partial charge in [0.1, 0.15) is 0 Å². The van der Waals surface area contributed by atoms with E-state index in [1.54, 1.807) is 11.3 Å². The number of carbonyl (C=O) groups excluding carboxylic acids is 1. The van der Waals surface area contributed by atoms with E-state index in [9.17, 15) is 4.79 Å². The zero-order valence-corrected chi connectivity index (χ0v) is 14.4. The first-order valence-electron chi connectivity index (χ1n) is 7.84. The van der Waals surface area contributed by atoms with Crippen LogP contribution in [-0.2, 0) is 11.3 Å². The summed E-state index contributed by atoms with van der Waals surface area (Å²) in [7, 11) is 2.16. The Labute approximate surface area is 140 Å². The van der Waals surface area contributed by atoms with E-state index in [0.29, 0.717) is 6.54 Å². The Bertz CT molecular complexity index is 659. The molecule has 0 bridgehead atoms. The summed E-state index contributed by atoms with van der Waals surface area (Å²) in [5.41, 5.74) is 3.24. The minimum atomic E-state index is -0.00889. The minimum Gasteiger partial charge on any atom is -0.352 e. The van der Waals surface area contributed by atoms with E-state index in [2.05, 4.69) is 39.7 Å². The van der Waals surface area contributed by atoms with E-state index in [1.165, 1.54) is 6.92 Å². The van der Waals surface area contributed by atoms with E-state index < -0.39 is 0 Å². The molecule has 1 aliphatic rings. The number of carbonyl (C=O) groups is 1. The average Bonchev–Trinajstić information content (AvgIpc) is 3.04. The fourth-order valence-corrected chi connectivity index (χ4v) is 3.45. The molecule has 3 rings (SSSR count). The highest BCUT2D eigenvalue weighted by Gasteiger charge is 2.17. The molecule has 0 saturated carbocycles. The third kappa shape index (κ3) is 4.09. The number of nitrogens with one attached hydrogen (secondary N) is 1. The lowest BCUT2D eigenvalue weighted by Crippen LogP contribution is -2.44. The van der Waals surface area contributed by atoms with Gasteiger partial charge in [-0.1, -0.05) is 24.3 Å². The molecule has 2 heterocycles. The number of hydrogen-bond acceptors (Lipinski definition) is 5. The number of piperazine rings is 1. The molecule has 1 aliphatic heterocycles. The molecule has 23 heavy (non-hydrogen) atoms. The molecular formula is C17H22N4OS. The second-order valence-corrected chi connectivity index (χ2v) is 6.75. The Morgan fingerprint density at radius 2 is 1.91 bits per heavy atom. The molecule has 1 fully saturated rings. The summed E-state index contributed by atoms with van der Waals surface area (Å²) in [6, 6.07) is 8.22. The van der Waals surface area contributed by atoms with Gasteiger partial charge in [0, 0.05) is 50.6 Å². The van der Waals surface area contributed by atoms with Gasteiger partial charge in [0.15, 0.2) is 5.13 Å². The van der Waals surface area contributed by atoms with E-state index in [4.69, 9.17) is 4.98 Å². The Morgan fingerprint density at radius 3 is 2.57 bits per heavy atom. The molecule has 5 nitrogen and oxygen atoms in total. The van der Waals surface area contributed by atoms with Gasteiger partial charge in [-0.25, -0.2) is 4.98 Å². The monoisotopic (exact) mass is 330 g/mol. The van der Waals surface area contributed by atoms with Crippen LogP contribution in [0.4, 0.5) is 5.13 Å².